The van der Waals surface area contributed by atoms with Crippen LogP contribution in [0, 0.1) is 10.1 Å². The van der Waals surface area contributed by atoms with Crippen molar-refractivity contribution < 1.29 is 19.2 Å². The second-order valence-electron chi connectivity index (χ2n) is 7.40. The number of hydrogen-bond acceptors (Lipinski definition) is 9. The highest BCUT2D eigenvalue weighted by Crippen LogP contribution is 2.31. The monoisotopic (exact) mass is 488 g/mol. The molecule has 0 unspecified atom stereocenters. The number of morpholine rings is 1. The number of anilines is 1. The Balaban J connectivity index is 1.53. The van der Waals surface area contributed by atoms with Crippen LogP contribution in [-0.4, -0.2) is 67.2 Å². The molecule has 174 valence electrons. The highest BCUT2D eigenvalue weighted by atomic mass is 32.1. The number of methoxy groups -OCH3 is 1. The van der Waals surface area contributed by atoms with Crippen LogP contribution in [0.5, 0.6) is 5.75 Å². The molecule has 3 heterocycles. The second-order valence-corrected chi connectivity index (χ2v) is 9.30. The molecule has 11 heteroatoms. The van der Waals surface area contributed by atoms with E-state index < -0.39 is 4.92 Å². The quantitative estimate of drug-likeness (QED) is 0.329. The second kappa shape index (κ2) is 10.8. The van der Waals surface area contributed by atoms with E-state index in [0.717, 1.165) is 67.6 Å². The number of benzene rings is 1. The summed E-state index contributed by atoms with van der Waals surface area (Å²) in [6, 6.07) is 10.5. The lowest BCUT2D eigenvalue weighted by atomic mass is 10.2. The lowest BCUT2D eigenvalue weighted by Gasteiger charge is -2.27. The molecule has 0 N–H and O–H groups in total. The van der Waals surface area contributed by atoms with E-state index in [1.165, 1.54) is 23.5 Å². The molecule has 33 heavy (non-hydrogen) atoms. The van der Waals surface area contributed by atoms with E-state index in [9.17, 15) is 14.9 Å². The molecule has 1 saturated heterocycles. The predicted octanol–water partition coefficient (Wildman–Crippen LogP) is 4.16. The summed E-state index contributed by atoms with van der Waals surface area (Å²) in [5, 5.41) is 13.5. The maximum atomic E-state index is 13.3. The first kappa shape index (κ1) is 23.3. The third-order valence-electron chi connectivity index (χ3n) is 5.30. The summed E-state index contributed by atoms with van der Waals surface area (Å²) in [5.74, 6) is 0.485. The van der Waals surface area contributed by atoms with Gasteiger partial charge in [0.1, 0.15) is 5.75 Å². The highest BCUT2D eigenvalue weighted by Gasteiger charge is 2.25. The van der Waals surface area contributed by atoms with Crippen LogP contribution < -0.4 is 9.64 Å². The lowest BCUT2D eigenvalue weighted by molar-refractivity contribution is -0.380. The van der Waals surface area contributed by atoms with Gasteiger partial charge in [-0.15, -0.1) is 11.3 Å². The Bertz CT molecular complexity index is 1090. The number of thiazole rings is 1. The van der Waals surface area contributed by atoms with Crippen molar-refractivity contribution in [2.45, 2.75) is 6.42 Å². The van der Waals surface area contributed by atoms with Crippen LogP contribution in [0.2, 0.25) is 0 Å². The molecule has 0 radical (unpaired) electrons. The first-order chi connectivity index (χ1) is 16.0. The Morgan fingerprint density at radius 1 is 1.24 bits per heavy atom. The molecule has 1 aliphatic rings. The first-order valence-electron chi connectivity index (χ1n) is 10.5. The summed E-state index contributed by atoms with van der Waals surface area (Å²) in [6.45, 7) is 4.51. The number of ether oxygens (including phenoxy) is 2. The van der Waals surface area contributed by atoms with Gasteiger partial charge in [0.2, 0.25) is 0 Å². The standard InChI is InChI=1S/C22H24N4O5S2/c1-30-17-5-3-16(4-6-17)18-15-32-22(23-18)25(10-2-9-24-11-13-31-14-12-24)21(27)19-7-8-20(33-19)26(28)29/h3-8,15H,2,9-14H2,1H3. The lowest BCUT2D eigenvalue weighted by Crippen LogP contribution is -2.39. The van der Waals surface area contributed by atoms with Crippen molar-refractivity contribution >= 4 is 38.7 Å². The van der Waals surface area contributed by atoms with Crippen molar-refractivity contribution in [2.75, 3.05) is 51.4 Å². The van der Waals surface area contributed by atoms with E-state index in [1.54, 1.807) is 12.0 Å². The zero-order chi connectivity index (χ0) is 23.2. The summed E-state index contributed by atoms with van der Waals surface area (Å²) >= 11 is 2.27. The third-order valence-corrected chi connectivity index (χ3v) is 7.18. The molecule has 0 atom stereocenters. The fourth-order valence-electron chi connectivity index (χ4n) is 3.52. The van der Waals surface area contributed by atoms with Gasteiger partial charge in [-0.2, -0.15) is 0 Å². The molecule has 1 aliphatic heterocycles. The van der Waals surface area contributed by atoms with Crippen LogP contribution in [0.25, 0.3) is 11.3 Å². The molecule has 9 nitrogen and oxygen atoms in total. The maximum absolute atomic E-state index is 13.3. The molecule has 2 aromatic heterocycles. The molecule has 3 aromatic rings. The SMILES string of the molecule is COc1ccc(-c2csc(N(CCCN3CCOCC3)C(=O)c3ccc([N+](=O)[O-])s3)n2)cc1. The largest absolute Gasteiger partial charge is 0.497 e. The summed E-state index contributed by atoms with van der Waals surface area (Å²) < 4.78 is 10.6. The van der Waals surface area contributed by atoms with E-state index in [0.29, 0.717) is 16.6 Å². The van der Waals surface area contributed by atoms with E-state index in [1.807, 2.05) is 29.6 Å². The van der Waals surface area contributed by atoms with E-state index >= 15 is 0 Å². The fourth-order valence-corrected chi connectivity index (χ4v) is 5.15. The molecule has 0 aliphatic carbocycles. The number of aromatic nitrogens is 1. The average Bonchev–Trinajstić information content (AvgIpc) is 3.53. The number of nitrogens with zero attached hydrogens (tertiary/aromatic N) is 4. The topological polar surface area (TPSA) is 98.0 Å². The van der Waals surface area contributed by atoms with Gasteiger partial charge in [-0.25, -0.2) is 4.98 Å². The highest BCUT2D eigenvalue weighted by molar-refractivity contribution is 7.17. The van der Waals surface area contributed by atoms with Crippen LogP contribution in [0.15, 0.2) is 41.8 Å². The van der Waals surface area contributed by atoms with Crippen LogP contribution in [0.1, 0.15) is 16.1 Å². The average molecular weight is 489 g/mol. The van der Waals surface area contributed by atoms with Gasteiger partial charge in [-0.1, -0.05) is 11.3 Å². The first-order valence-corrected chi connectivity index (χ1v) is 12.2. The minimum Gasteiger partial charge on any atom is -0.497 e. The smallest absolute Gasteiger partial charge is 0.324 e. The van der Waals surface area contributed by atoms with Crippen molar-refractivity contribution in [3.8, 4) is 17.0 Å². The number of carbonyl (C=O) groups is 1. The van der Waals surface area contributed by atoms with Crippen molar-refractivity contribution in [3.05, 3.63) is 56.8 Å². The van der Waals surface area contributed by atoms with Gasteiger partial charge in [-0.05, 0) is 36.8 Å². The zero-order valence-corrected chi connectivity index (χ0v) is 19.8. The molecular formula is C22H24N4O5S2. The maximum Gasteiger partial charge on any atom is 0.324 e. The minimum atomic E-state index is -0.477. The number of amides is 1. The van der Waals surface area contributed by atoms with Crippen LogP contribution in [0.3, 0.4) is 0 Å². The molecule has 4 rings (SSSR count). The number of nitro groups is 1. The van der Waals surface area contributed by atoms with Gasteiger partial charge < -0.3 is 9.47 Å². The molecule has 1 amide bonds. The molecule has 0 spiro atoms. The fraction of sp³-hybridized carbons (Fsp3) is 0.364. The normalized spacial score (nSPS) is 14.2. The van der Waals surface area contributed by atoms with Gasteiger partial charge in [0, 0.05) is 43.2 Å². The van der Waals surface area contributed by atoms with Crippen molar-refractivity contribution in [1.29, 1.82) is 0 Å². The Labute approximate surface area is 199 Å². The van der Waals surface area contributed by atoms with Crippen molar-refractivity contribution in [3.63, 3.8) is 0 Å². The Kier molecular flexibility index (Phi) is 7.65. The van der Waals surface area contributed by atoms with Crippen LogP contribution >= 0.6 is 22.7 Å². The molecule has 1 aromatic carbocycles. The molecule has 0 saturated carbocycles. The number of carbonyl (C=O) groups excluding carboxylic acids is 1. The van der Waals surface area contributed by atoms with Crippen LogP contribution in [-0.2, 0) is 4.74 Å². The van der Waals surface area contributed by atoms with Crippen LogP contribution in [0.4, 0.5) is 10.1 Å². The van der Waals surface area contributed by atoms with Crippen molar-refractivity contribution in [1.82, 2.24) is 9.88 Å². The van der Waals surface area contributed by atoms with Crippen molar-refractivity contribution in [2.24, 2.45) is 0 Å². The Morgan fingerprint density at radius 2 is 2.00 bits per heavy atom. The summed E-state index contributed by atoms with van der Waals surface area (Å²) in [6.07, 6.45) is 0.761. The summed E-state index contributed by atoms with van der Waals surface area (Å²) in [4.78, 5) is 32.9. The van der Waals surface area contributed by atoms with Gasteiger partial charge in [0.05, 0.1) is 35.8 Å². The number of rotatable bonds is 9. The Morgan fingerprint density at radius 3 is 2.67 bits per heavy atom. The minimum absolute atomic E-state index is 0.0512. The predicted molar refractivity (Wildman–Crippen MR) is 129 cm³/mol. The van der Waals surface area contributed by atoms with E-state index in [2.05, 4.69) is 4.90 Å². The molecule has 0 bridgehead atoms. The van der Waals surface area contributed by atoms with Gasteiger partial charge in [0.15, 0.2) is 5.13 Å². The number of hydrogen-bond donors (Lipinski definition) is 0. The third kappa shape index (κ3) is 5.74. The van der Waals surface area contributed by atoms with E-state index in [4.69, 9.17) is 14.5 Å². The summed E-state index contributed by atoms with van der Waals surface area (Å²) in [5.41, 5.74) is 1.69. The molecule has 1 fully saturated rings. The number of thiophene rings is 1. The van der Waals surface area contributed by atoms with Gasteiger partial charge in [0.25, 0.3) is 5.91 Å². The summed E-state index contributed by atoms with van der Waals surface area (Å²) in [7, 11) is 1.62. The zero-order valence-electron chi connectivity index (χ0n) is 18.1. The van der Waals surface area contributed by atoms with Gasteiger partial charge >= 0.3 is 5.00 Å². The van der Waals surface area contributed by atoms with Gasteiger partial charge in [-0.3, -0.25) is 24.7 Å². The van der Waals surface area contributed by atoms with E-state index in [-0.39, 0.29) is 10.9 Å². The Hall–Kier alpha value is -2.86. The molecular weight excluding hydrogens is 464 g/mol.